The molecule has 0 aliphatic rings. The summed E-state index contributed by atoms with van der Waals surface area (Å²) in [5.74, 6) is 0. The number of nitrogens with zero attached hydrogens (tertiary/aromatic N) is 2. The summed E-state index contributed by atoms with van der Waals surface area (Å²) < 4.78 is 26.0. The van der Waals surface area contributed by atoms with Crippen LogP contribution in [-0.4, -0.2) is 38.4 Å². The Hall–Kier alpha value is -2.49. The second-order valence-corrected chi connectivity index (χ2v) is 8.11. The molecule has 2 rings (SSSR count). The monoisotopic (exact) mass is 406 g/mol. The maximum absolute atomic E-state index is 11.9. The molecule has 0 radical (unpaired) electrons. The molecule has 0 heterocycles. The summed E-state index contributed by atoms with van der Waals surface area (Å²) in [5, 5.41) is 14.5. The van der Waals surface area contributed by atoms with Gasteiger partial charge in [-0.3, -0.25) is 15.0 Å². The first-order valence-electron chi connectivity index (χ1n) is 9.07. The minimum absolute atomic E-state index is 0.144. The first-order valence-corrected chi connectivity index (χ1v) is 10.6. The van der Waals surface area contributed by atoms with Gasteiger partial charge < -0.3 is 5.32 Å². The summed E-state index contributed by atoms with van der Waals surface area (Å²) in [4.78, 5) is 13.0. The highest BCUT2D eigenvalue weighted by atomic mass is 32.2. The topological polar surface area (TPSA) is 105 Å². The number of hydrogen-bond donors (Lipinski definition) is 2. The van der Waals surface area contributed by atoms with E-state index in [-0.39, 0.29) is 16.3 Å². The lowest BCUT2D eigenvalue weighted by molar-refractivity contribution is -0.384. The van der Waals surface area contributed by atoms with Crippen molar-refractivity contribution in [1.29, 1.82) is 0 Å². The summed E-state index contributed by atoms with van der Waals surface area (Å²) in [5.41, 5.74) is 2.18. The quantitative estimate of drug-likeness (QED) is 0.464. The van der Waals surface area contributed by atoms with E-state index in [4.69, 9.17) is 0 Å². The molecule has 28 heavy (non-hydrogen) atoms. The van der Waals surface area contributed by atoms with Crippen LogP contribution in [0.15, 0.2) is 47.4 Å². The van der Waals surface area contributed by atoms with E-state index >= 15 is 0 Å². The van der Waals surface area contributed by atoms with Crippen molar-refractivity contribution in [2.75, 3.05) is 25.5 Å². The van der Waals surface area contributed by atoms with E-state index in [1.165, 1.54) is 19.2 Å². The molecule has 2 aromatic rings. The van der Waals surface area contributed by atoms with E-state index in [1.807, 2.05) is 24.3 Å². The van der Waals surface area contributed by atoms with Crippen LogP contribution in [0.4, 0.5) is 11.4 Å². The molecule has 0 unspecified atom stereocenters. The molecule has 9 heteroatoms. The summed E-state index contributed by atoms with van der Waals surface area (Å²) in [6.07, 6.45) is 0. The summed E-state index contributed by atoms with van der Waals surface area (Å²) in [6.45, 7) is 7.28. The van der Waals surface area contributed by atoms with Gasteiger partial charge in [-0.1, -0.05) is 38.1 Å². The number of sulfonamides is 1. The lowest BCUT2D eigenvalue weighted by Gasteiger charge is -2.20. The molecular weight excluding hydrogens is 380 g/mol. The van der Waals surface area contributed by atoms with Crippen LogP contribution in [0.25, 0.3) is 0 Å². The maximum Gasteiger partial charge on any atom is 0.293 e. The standard InChI is InChI=1S/C19H26N4O4S/c1-4-22(5-2)14-16-9-7-6-8-15(16)13-21-18-11-10-17(28(26,27)20-3)12-19(18)23(24)25/h6-12,20-21H,4-5,13-14H2,1-3H3. The third kappa shape index (κ3) is 5.28. The van der Waals surface area contributed by atoms with Gasteiger partial charge in [-0.05, 0) is 43.4 Å². The van der Waals surface area contributed by atoms with Crippen molar-refractivity contribution in [3.05, 3.63) is 63.7 Å². The average molecular weight is 407 g/mol. The predicted molar refractivity (Wildman–Crippen MR) is 110 cm³/mol. The Balaban J connectivity index is 2.27. The van der Waals surface area contributed by atoms with Crippen molar-refractivity contribution < 1.29 is 13.3 Å². The third-order valence-corrected chi connectivity index (χ3v) is 6.03. The molecule has 0 amide bonds. The normalized spacial score (nSPS) is 11.6. The lowest BCUT2D eigenvalue weighted by Crippen LogP contribution is -2.23. The molecule has 0 aliphatic heterocycles. The minimum Gasteiger partial charge on any atom is -0.375 e. The van der Waals surface area contributed by atoms with Crippen molar-refractivity contribution in [3.63, 3.8) is 0 Å². The van der Waals surface area contributed by atoms with E-state index in [2.05, 4.69) is 28.8 Å². The van der Waals surface area contributed by atoms with E-state index < -0.39 is 14.9 Å². The van der Waals surface area contributed by atoms with Crippen LogP contribution in [0.5, 0.6) is 0 Å². The predicted octanol–water partition coefficient (Wildman–Crippen LogP) is 2.96. The van der Waals surface area contributed by atoms with Gasteiger partial charge in [-0.25, -0.2) is 13.1 Å². The van der Waals surface area contributed by atoms with Gasteiger partial charge in [0.05, 0.1) is 9.82 Å². The van der Waals surface area contributed by atoms with Crippen LogP contribution >= 0.6 is 0 Å². The van der Waals surface area contributed by atoms with Gasteiger partial charge in [-0.2, -0.15) is 0 Å². The van der Waals surface area contributed by atoms with E-state index in [0.717, 1.165) is 36.8 Å². The van der Waals surface area contributed by atoms with Crippen molar-refractivity contribution in [1.82, 2.24) is 9.62 Å². The molecule has 152 valence electrons. The second-order valence-electron chi connectivity index (χ2n) is 6.23. The van der Waals surface area contributed by atoms with Crippen LogP contribution in [0.1, 0.15) is 25.0 Å². The van der Waals surface area contributed by atoms with Gasteiger partial charge in [0, 0.05) is 19.2 Å². The van der Waals surface area contributed by atoms with Crippen molar-refractivity contribution in [3.8, 4) is 0 Å². The largest absolute Gasteiger partial charge is 0.375 e. The molecule has 0 bridgehead atoms. The molecule has 0 fully saturated rings. The Morgan fingerprint density at radius 1 is 1.07 bits per heavy atom. The van der Waals surface area contributed by atoms with Gasteiger partial charge in [-0.15, -0.1) is 0 Å². The van der Waals surface area contributed by atoms with Gasteiger partial charge in [0.15, 0.2) is 0 Å². The third-order valence-electron chi connectivity index (χ3n) is 4.62. The molecule has 8 nitrogen and oxygen atoms in total. The van der Waals surface area contributed by atoms with Crippen molar-refractivity contribution in [2.45, 2.75) is 31.8 Å². The first-order chi connectivity index (χ1) is 13.3. The SMILES string of the molecule is CCN(CC)Cc1ccccc1CNc1ccc(S(=O)(=O)NC)cc1[N+](=O)[O-]. The number of nitrogens with one attached hydrogen (secondary N) is 2. The summed E-state index contributed by atoms with van der Waals surface area (Å²) in [7, 11) is -2.49. The zero-order valence-electron chi connectivity index (χ0n) is 16.3. The van der Waals surface area contributed by atoms with Crippen LogP contribution in [0.3, 0.4) is 0 Å². The molecule has 0 aromatic heterocycles. The van der Waals surface area contributed by atoms with Crippen LogP contribution in [-0.2, 0) is 23.1 Å². The Morgan fingerprint density at radius 2 is 1.71 bits per heavy atom. The molecule has 0 spiro atoms. The minimum atomic E-state index is -3.75. The second kappa shape index (κ2) is 9.63. The van der Waals surface area contributed by atoms with Crippen LogP contribution in [0, 0.1) is 10.1 Å². The fourth-order valence-corrected chi connectivity index (χ4v) is 3.61. The Morgan fingerprint density at radius 3 is 2.29 bits per heavy atom. The highest BCUT2D eigenvalue weighted by Crippen LogP contribution is 2.28. The Labute approximate surface area is 165 Å². The van der Waals surface area contributed by atoms with Crippen LogP contribution < -0.4 is 10.0 Å². The summed E-state index contributed by atoms with van der Waals surface area (Å²) in [6, 6.07) is 11.8. The van der Waals surface area contributed by atoms with Crippen molar-refractivity contribution >= 4 is 21.4 Å². The fraction of sp³-hybridized carbons (Fsp3) is 0.368. The highest BCUT2D eigenvalue weighted by molar-refractivity contribution is 7.89. The summed E-state index contributed by atoms with van der Waals surface area (Å²) >= 11 is 0. The molecular formula is C19H26N4O4S. The Kier molecular flexibility index (Phi) is 7.50. The number of rotatable bonds is 10. The maximum atomic E-state index is 11.9. The highest BCUT2D eigenvalue weighted by Gasteiger charge is 2.20. The van der Waals surface area contributed by atoms with E-state index in [0.29, 0.717) is 6.54 Å². The lowest BCUT2D eigenvalue weighted by atomic mass is 10.1. The molecule has 2 aromatic carbocycles. The smallest absolute Gasteiger partial charge is 0.293 e. The van der Waals surface area contributed by atoms with Gasteiger partial charge in [0.1, 0.15) is 5.69 Å². The van der Waals surface area contributed by atoms with Gasteiger partial charge in [0.2, 0.25) is 10.0 Å². The number of nitro benzene ring substituents is 1. The molecule has 0 aliphatic carbocycles. The molecule has 0 saturated carbocycles. The first kappa shape index (κ1) is 21.8. The van der Waals surface area contributed by atoms with Gasteiger partial charge in [0.25, 0.3) is 5.69 Å². The molecule has 0 atom stereocenters. The average Bonchev–Trinajstić information content (AvgIpc) is 2.70. The molecule has 0 saturated heterocycles. The Bertz CT molecular complexity index is 927. The number of nitro groups is 1. The van der Waals surface area contributed by atoms with E-state index in [9.17, 15) is 18.5 Å². The number of anilines is 1. The number of benzene rings is 2. The van der Waals surface area contributed by atoms with Crippen LogP contribution in [0.2, 0.25) is 0 Å². The zero-order valence-corrected chi connectivity index (χ0v) is 17.1. The van der Waals surface area contributed by atoms with E-state index in [1.54, 1.807) is 0 Å². The number of hydrogen-bond acceptors (Lipinski definition) is 6. The van der Waals surface area contributed by atoms with Crippen molar-refractivity contribution in [2.24, 2.45) is 0 Å². The molecule has 2 N–H and O–H groups in total. The fourth-order valence-electron chi connectivity index (χ4n) is 2.86. The zero-order chi connectivity index (χ0) is 20.7. The van der Waals surface area contributed by atoms with Gasteiger partial charge >= 0.3 is 0 Å².